The first-order valence-electron chi connectivity index (χ1n) is 9.98. The van der Waals surface area contributed by atoms with Crippen molar-refractivity contribution in [2.24, 2.45) is 0 Å². The molecule has 1 heterocycles. The molecule has 0 atom stereocenters. The molecule has 144 valence electrons. The third kappa shape index (κ3) is 5.03. The van der Waals surface area contributed by atoms with Gasteiger partial charge in [0, 0.05) is 30.9 Å². The second kappa shape index (κ2) is 8.94. The largest absolute Gasteiger partial charge is 0.491 e. The van der Waals surface area contributed by atoms with Gasteiger partial charge in [-0.15, -0.1) is 0 Å². The fraction of sp³-hybridized carbons (Fsp3) is 0.435. The molecule has 1 aliphatic heterocycles. The Morgan fingerprint density at radius 3 is 2.67 bits per heavy atom. The summed E-state index contributed by atoms with van der Waals surface area (Å²) in [7, 11) is 0. The van der Waals surface area contributed by atoms with Crippen LogP contribution in [-0.2, 0) is 12.8 Å². The van der Waals surface area contributed by atoms with Gasteiger partial charge in [0.25, 0.3) is 5.91 Å². The van der Waals surface area contributed by atoms with Crippen LogP contribution in [0.5, 0.6) is 5.75 Å². The van der Waals surface area contributed by atoms with Gasteiger partial charge in [-0.05, 0) is 81.5 Å². The van der Waals surface area contributed by atoms with Crippen LogP contribution in [0.2, 0.25) is 0 Å². The minimum atomic E-state index is -0.0405. The molecule has 2 aromatic rings. The lowest BCUT2D eigenvalue weighted by Gasteiger charge is -2.30. The lowest BCUT2D eigenvalue weighted by Crippen LogP contribution is -2.29. The van der Waals surface area contributed by atoms with Gasteiger partial charge in [-0.25, -0.2) is 0 Å². The number of rotatable bonds is 7. The molecule has 1 amide bonds. The van der Waals surface area contributed by atoms with Gasteiger partial charge in [-0.3, -0.25) is 4.79 Å². The van der Waals surface area contributed by atoms with E-state index in [4.69, 9.17) is 4.74 Å². The summed E-state index contributed by atoms with van der Waals surface area (Å²) in [6, 6.07) is 14.0. The highest BCUT2D eigenvalue weighted by Crippen LogP contribution is 2.27. The Bertz CT molecular complexity index is 768. The second-order valence-corrected chi connectivity index (χ2v) is 7.34. The molecule has 0 fully saturated rings. The van der Waals surface area contributed by atoms with Crippen LogP contribution in [0.4, 0.5) is 5.69 Å². The predicted molar refractivity (Wildman–Crippen MR) is 111 cm³/mol. The van der Waals surface area contributed by atoms with E-state index < -0.39 is 0 Å². The van der Waals surface area contributed by atoms with Crippen molar-refractivity contribution in [2.45, 2.75) is 46.1 Å². The summed E-state index contributed by atoms with van der Waals surface area (Å²) < 4.78 is 5.61. The number of aryl methyl sites for hydroxylation is 1. The summed E-state index contributed by atoms with van der Waals surface area (Å²) in [5.41, 5.74) is 4.76. The van der Waals surface area contributed by atoms with Crippen molar-refractivity contribution in [3.63, 3.8) is 0 Å². The van der Waals surface area contributed by atoms with Crippen molar-refractivity contribution in [3.05, 3.63) is 59.2 Å². The maximum Gasteiger partial charge on any atom is 0.251 e. The van der Waals surface area contributed by atoms with Crippen LogP contribution >= 0.6 is 0 Å². The number of benzene rings is 2. The number of nitrogens with one attached hydrogen (secondary N) is 1. The minimum Gasteiger partial charge on any atom is -0.491 e. The average Bonchev–Trinajstić information content (AvgIpc) is 2.67. The highest BCUT2D eigenvalue weighted by atomic mass is 16.5. The summed E-state index contributed by atoms with van der Waals surface area (Å²) in [5.74, 6) is 0.748. The maximum atomic E-state index is 12.3. The Morgan fingerprint density at radius 2 is 1.96 bits per heavy atom. The number of amides is 1. The number of hydrogen-bond donors (Lipinski definition) is 1. The molecule has 1 aliphatic rings. The van der Waals surface area contributed by atoms with Gasteiger partial charge in [0.15, 0.2) is 0 Å². The van der Waals surface area contributed by atoms with Gasteiger partial charge in [0.05, 0.1) is 6.10 Å². The summed E-state index contributed by atoms with van der Waals surface area (Å²) in [6.45, 7) is 9.03. The van der Waals surface area contributed by atoms with Crippen LogP contribution in [0.3, 0.4) is 0 Å². The van der Waals surface area contributed by atoms with Crippen molar-refractivity contribution < 1.29 is 9.53 Å². The maximum absolute atomic E-state index is 12.3. The van der Waals surface area contributed by atoms with Crippen LogP contribution in [0.1, 0.15) is 48.7 Å². The lowest BCUT2D eigenvalue weighted by molar-refractivity contribution is 0.0954. The summed E-state index contributed by atoms with van der Waals surface area (Å²) in [6.07, 6.45) is 3.35. The molecule has 2 aromatic carbocycles. The van der Waals surface area contributed by atoms with Crippen molar-refractivity contribution in [1.82, 2.24) is 5.32 Å². The van der Waals surface area contributed by atoms with E-state index in [2.05, 4.69) is 35.3 Å². The summed E-state index contributed by atoms with van der Waals surface area (Å²) in [4.78, 5) is 14.8. The molecule has 4 nitrogen and oxygen atoms in total. The summed E-state index contributed by atoms with van der Waals surface area (Å²) >= 11 is 0. The Morgan fingerprint density at radius 1 is 1.19 bits per heavy atom. The van der Waals surface area contributed by atoms with Gasteiger partial charge in [0.1, 0.15) is 5.75 Å². The number of ether oxygens (including phenoxy) is 1. The van der Waals surface area contributed by atoms with Crippen LogP contribution in [0.25, 0.3) is 0 Å². The SMILES string of the molecule is CCN1CCCc2cc(CCNC(=O)c3ccc(OC(C)C)cc3)ccc21. The van der Waals surface area contributed by atoms with Crippen LogP contribution in [-0.4, -0.2) is 31.6 Å². The van der Waals surface area contributed by atoms with E-state index in [0.29, 0.717) is 12.1 Å². The Balaban J connectivity index is 1.53. The molecular weight excluding hydrogens is 336 g/mol. The molecule has 0 saturated heterocycles. The number of fused-ring (bicyclic) bond motifs is 1. The van der Waals surface area contributed by atoms with E-state index in [1.54, 1.807) is 0 Å². The lowest BCUT2D eigenvalue weighted by atomic mass is 9.98. The fourth-order valence-corrected chi connectivity index (χ4v) is 3.59. The third-order valence-electron chi connectivity index (χ3n) is 4.93. The Labute approximate surface area is 162 Å². The number of carbonyl (C=O) groups is 1. The average molecular weight is 367 g/mol. The monoisotopic (exact) mass is 366 g/mol. The van der Waals surface area contributed by atoms with Gasteiger partial charge >= 0.3 is 0 Å². The molecule has 0 spiro atoms. The molecule has 0 aliphatic carbocycles. The van der Waals surface area contributed by atoms with Gasteiger partial charge in [-0.1, -0.05) is 12.1 Å². The topological polar surface area (TPSA) is 41.6 Å². The Kier molecular flexibility index (Phi) is 6.38. The van der Waals surface area contributed by atoms with E-state index in [1.165, 1.54) is 23.2 Å². The van der Waals surface area contributed by atoms with E-state index in [1.807, 2.05) is 38.1 Å². The molecule has 4 heteroatoms. The molecule has 0 saturated carbocycles. The van der Waals surface area contributed by atoms with Gasteiger partial charge < -0.3 is 15.0 Å². The fourth-order valence-electron chi connectivity index (χ4n) is 3.59. The molecule has 3 rings (SSSR count). The second-order valence-electron chi connectivity index (χ2n) is 7.34. The van der Waals surface area contributed by atoms with E-state index >= 15 is 0 Å². The standard InChI is InChI=1S/C23H30N2O2/c1-4-25-15-5-6-20-16-18(7-12-22(20)25)13-14-24-23(26)19-8-10-21(11-9-19)27-17(2)3/h7-12,16-17H,4-6,13-15H2,1-3H3,(H,24,26). The zero-order valence-electron chi connectivity index (χ0n) is 16.6. The van der Waals surface area contributed by atoms with Crippen molar-refractivity contribution in [1.29, 1.82) is 0 Å². The number of nitrogens with zero attached hydrogens (tertiary/aromatic N) is 1. The zero-order valence-corrected chi connectivity index (χ0v) is 16.6. The molecule has 0 bridgehead atoms. The number of hydrogen-bond acceptors (Lipinski definition) is 3. The van der Waals surface area contributed by atoms with Crippen LogP contribution in [0, 0.1) is 0 Å². The van der Waals surface area contributed by atoms with Crippen molar-refractivity contribution in [2.75, 3.05) is 24.5 Å². The van der Waals surface area contributed by atoms with E-state index in [-0.39, 0.29) is 12.0 Å². The molecular formula is C23H30N2O2. The van der Waals surface area contributed by atoms with Crippen molar-refractivity contribution in [3.8, 4) is 5.75 Å². The minimum absolute atomic E-state index is 0.0405. The van der Waals surface area contributed by atoms with Gasteiger partial charge in [0.2, 0.25) is 0 Å². The smallest absolute Gasteiger partial charge is 0.251 e. The normalized spacial score (nSPS) is 13.4. The Hall–Kier alpha value is -2.49. The predicted octanol–water partition coefficient (Wildman–Crippen LogP) is 4.22. The van der Waals surface area contributed by atoms with E-state index in [0.717, 1.165) is 31.7 Å². The molecule has 1 N–H and O–H groups in total. The first kappa shape index (κ1) is 19.3. The van der Waals surface area contributed by atoms with Crippen LogP contribution in [0.15, 0.2) is 42.5 Å². The molecule has 27 heavy (non-hydrogen) atoms. The zero-order chi connectivity index (χ0) is 19.2. The van der Waals surface area contributed by atoms with Gasteiger partial charge in [-0.2, -0.15) is 0 Å². The number of carbonyl (C=O) groups excluding carboxylic acids is 1. The number of anilines is 1. The van der Waals surface area contributed by atoms with Crippen LogP contribution < -0.4 is 15.0 Å². The molecule has 0 aromatic heterocycles. The highest BCUT2D eigenvalue weighted by Gasteiger charge is 2.15. The third-order valence-corrected chi connectivity index (χ3v) is 4.93. The quantitative estimate of drug-likeness (QED) is 0.798. The molecule has 0 radical (unpaired) electrons. The molecule has 0 unspecified atom stereocenters. The summed E-state index contributed by atoms with van der Waals surface area (Å²) in [5, 5.41) is 3.02. The van der Waals surface area contributed by atoms with Crippen molar-refractivity contribution >= 4 is 11.6 Å². The first-order chi connectivity index (χ1) is 13.1. The first-order valence-corrected chi connectivity index (χ1v) is 9.98. The highest BCUT2D eigenvalue weighted by molar-refractivity contribution is 5.94. The van der Waals surface area contributed by atoms with E-state index in [9.17, 15) is 4.79 Å².